The average Bonchev–Trinajstić information content (AvgIpc) is 2.73. The van der Waals surface area contributed by atoms with Crippen LogP contribution in [0.25, 0.3) is 5.65 Å². The van der Waals surface area contributed by atoms with Crippen LogP contribution >= 0.6 is 0 Å². The Labute approximate surface area is 161 Å². The van der Waals surface area contributed by atoms with Crippen molar-refractivity contribution in [3.63, 3.8) is 0 Å². The third-order valence-corrected chi connectivity index (χ3v) is 4.28. The number of nitrogens with zero attached hydrogens (tertiary/aromatic N) is 2. The summed E-state index contributed by atoms with van der Waals surface area (Å²) in [7, 11) is 0. The number of fused-ring (bicyclic) bond motifs is 1. The first-order chi connectivity index (χ1) is 13.7. The Morgan fingerprint density at radius 1 is 0.893 bits per heavy atom. The SMILES string of the molecule is O=C(Nc1ccccc1)c1ccc(NCc2cc(=O)n3ccccc3n2)cc1. The predicted molar refractivity (Wildman–Crippen MR) is 110 cm³/mol. The summed E-state index contributed by atoms with van der Waals surface area (Å²) in [5.74, 6) is -0.165. The molecule has 6 heteroatoms. The van der Waals surface area contributed by atoms with Crippen LogP contribution in [0.15, 0.2) is 89.9 Å². The summed E-state index contributed by atoms with van der Waals surface area (Å²) in [5, 5.41) is 6.08. The van der Waals surface area contributed by atoms with Gasteiger partial charge < -0.3 is 10.6 Å². The minimum atomic E-state index is -0.165. The van der Waals surface area contributed by atoms with Gasteiger partial charge in [0.25, 0.3) is 11.5 Å². The number of pyridine rings is 1. The fraction of sp³-hybridized carbons (Fsp3) is 0.0455. The lowest BCUT2D eigenvalue weighted by Gasteiger charge is -2.09. The third kappa shape index (κ3) is 3.91. The van der Waals surface area contributed by atoms with E-state index < -0.39 is 0 Å². The van der Waals surface area contributed by atoms with Gasteiger partial charge in [-0.25, -0.2) is 4.98 Å². The van der Waals surface area contributed by atoms with Gasteiger partial charge in [-0.3, -0.25) is 14.0 Å². The first-order valence-corrected chi connectivity index (χ1v) is 8.87. The molecule has 0 aliphatic heterocycles. The molecule has 2 N–H and O–H groups in total. The number of nitrogens with one attached hydrogen (secondary N) is 2. The van der Waals surface area contributed by atoms with Crippen molar-refractivity contribution in [3.05, 3.63) is 107 Å². The maximum atomic E-state index is 12.3. The number of aromatic nitrogens is 2. The van der Waals surface area contributed by atoms with Gasteiger partial charge in [0.1, 0.15) is 5.65 Å². The molecule has 4 rings (SSSR count). The Balaban J connectivity index is 1.42. The quantitative estimate of drug-likeness (QED) is 0.563. The molecular weight excluding hydrogens is 352 g/mol. The van der Waals surface area contributed by atoms with E-state index in [2.05, 4.69) is 15.6 Å². The average molecular weight is 370 g/mol. The van der Waals surface area contributed by atoms with Gasteiger partial charge in [-0.2, -0.15) is 0 Å². The molecule has 2 aromatic carbocycles. The van der Waals surface area contributed by atoms with Crippen LogP contribution < -0.4 is 16.2 Å². The topological polar surface area (TPSA) is 75.5 Å². The third-order valence-electron chi connectivity index (χ3n) is 4.28. The molecule has 0 aliphatic carbocycles. The van der Waals surface area contributed by atoms with E-state index in [1.54, 1.807) is 30.5 Å². The van der Waals surface area contributed by atoms with Crippen LogP contribution in [0.2, 0.25) is 0 Å². The van der Waals surface area contributed by atoms with Crippen LogP contribution in [0, 0.1) is 0 Å². The Morgan fingerprint density at radius 3 is 2.43 bits per heavy atom. The van der Waals surface area contributed by atoms with Gasteiger partial charge in [0.15, 0.2) is 0 Å². The summed E-state index contributed by atoms with van der Waals surface area (Å²) in [6, 6.07) is 23.4. The second kappa shape index (κ2) is 7.75. The molecule has 0 spiro atoms. The Hall–Kier alpha value is -3.93. The van der Waals surface area contributed by atoms with Crippen LogP contribution in [0.4, 0.5) is 11.4 Å². The highest BCUT2D eigenvalue weighted by Gasteiger charge is 2.06. The van der Waals surface area contributed by atoms with Crippen molar-refractivity contribution in [1.29, 1.82) is 0 Å². The number of hydrogen-bond acceptors (Lipinski definition) is 4. The standard InChI is InChI=1S/C22H18N4O2/c27-21-14-19(24-20-8-4-5-13-26(20)21)15-23-17-11-9-16(10-12-17)22(28)25-18-6-2-1-3-7-18/h1-14,23H,15H2,(H,25,28). The monoisotopic (exact) mass is 370 g/mol. The molecule has 0 unspecified atom stereocenters. The van der Waals surface area contributed by atoms with Gasteiger partial charge in [-0.1, -0.05) is 24.3 Å². The molecule has 2 aromatic heterocycles. The van der Waals surface area contributed by atoms with E-state index in [9.17, 15) is 9.59 Å². The van der Waals surface area contributed by atoms with E-state index >= 15 is 0 Å². The molecule has 28 heavy (non-hydrogen) atoms. The van der Waals surface area contributed by atoms with E-state index in [-0.39, 0.29) is 11.5 Å². The highest BCUT2D eigenvalue weighted by atomic mass is 16.1. The van der Waals surface area contributed by atoms with E-state index in [1.807, 2.05) is 48.5 Å². The second-order valence-corrected chi connectivity index (χ2v) is 6.27. The molecule has 0 radical (unpaired) electrons. The first-order valence-electron chi connectivity index (χ1n) is 8.87. The fourth-order valence-electron chi connectivity index (χ4n) is 2.85. The Bertz CT molecular complexity index is 1170. The van der Waals surface area contributed by atoms with Crippen molar-refractivity contribution < 1.29 is 4.79 Å². The van der Waals surface area contributed by atoms with E-state index in [1.165, 1.54) is 10.5 Å². The first kappa shape index (κ1) is 17.5. The molecule has 0 fully saturated rings. The summed E-state index contributed by atoms with van der Waals surface area (Å²) in [6.07, 6.45) is 1.70. The number of amides is 1. The largest absolute Gasteiger partial charge is 0.379 e. The molecule has 0 aliphatic rings. The molecule has 6 nitrogen and oxygen atoms in total. The van der Waals surface area contributed by atoms with Crippen molar-refractivity contribution in [2.24, 2.45) is 0 Å². The van der Waals surface area contributed by atoms with Crippen molar-refractivity contribution in [1.82, 2.24) is 9.38 Å². The molecule has 138 valence electrons. The van der Waals surface area contributed by atoms with Crippen LogP contribution in [0.5, 0.6) is 0 Å². The van der Waals surface area contributed by atoms with Crippen LogP contribution in [0.3, 0.4) is 0 Å². The van der Waals surface area contributed by atoms with Gasteiger partial charge in [-0.15, -0.1) is 0 Å². The van der Waals surface area contributed by atoms with Crippen LogP contribution in [0.1, 0.15) is 16.1 Å². The number of benzene rings is 2. The van der Waals surface area contributed by atoms with Crippen molar-refractivity contribution in [3.8, 4) is 0 Å². The number of carbonyl (C=O) groups is 1. The molecule has 0 saturated carbocycles. The van der Waals surface area contributed by atoms with E-state index in [0.29, 0.717) is 23.4 Å². The summed E-state index contributed by atoms with van der Waals surface area (Å²) in [4.78, 5) is 28.9. The fourth-order valence-corrected chi connectivity index (χ4v) is 2.85. The maximum absolute atomic E-state index is 12.3. The molecule has 2 heterocycles. The molecule has 0 bridgehead atoms. The molecule has 1 amide bonds. The number of anilines is 2. The zero-order chi connectivity index (χ0) is 19.3. The summed E-state index contributed by atoms with van der Waals surface area (Å²) >= 11 is 0. The summed E-state index contributed by atoms with van der Waals surface area (Å²) < 4.78 is 1.50. The Kier molecular flexibility index (Phi) is 4.84. The van der Waals surface area contributed by atoms with Gasteiger partial charge in [0.05, 0.1) is 12.2 Å². The zero-order valence-electron chi connectivity index (χ0n) is 15.0. The lowest BCUT2D eigenvalue weighted by atomic mass is 10.2. The number of para-hydroxylation sites is 1. The van der Waals surface area contributed by atoms with E-state index in [4.69, 9.17) is 0 Å². The Morgan fingerprint density at radius 2 is 1.64 bits per heavy atom. The minimum absolute atomic E-state index is 0.115. The van der Waals surface area contributed by atoms with E-state index in [0.717, 1.165) is 11.4 Å². The number of hydrogen-bond donors (Lipinski definition) is 2. The minimum Gasteiger partial charge on any atom is -0.379 e. The summed E-state index contributed by atoms with van der Waals surface area (Å²) in [5.41, 5.74) is 3.31. The van der Waals surface area contributed by atoms with Gasteiger partial charge in [0, 0.05) is 29.2 Å². The van der Waals surface area contributed by atoms with Gasteiger partial charge in [-0.05, 0) is 48.5 Å². The van der Waals surface area contributed by atoms with Crippen LogP contribution in [-0.2, 0) is 6.54 Å². The van der Waals surface area contributed by atoms with Gasteiger partial charge in [0.2, 0.25) is 0 Å². The predicted octanol–water partition coefficient (Wildman–Crippen LogP) is 3.56. The molecular formula is C22H18N4O2. The molecule has 0 atom stereocenters. The highest BCUT2D eigenvalue weighted by molar-refractivity contribution is 6.04. The van der Waals surface area contributed by atoms with Crippen molar-refractivity contribution in [2.45, 2.75) is 6.54 Å². The van der Waals surface area contributed by atoms with Crippen LogP contribution in [-0.4, -0.2) is 15.3 Å². The maximum Gasteiger partial charge on any atom is 0.258 e. The number of rotatable bonds is 5. The second-order valence-electron chi connectivity index (χ2n) is 6.27. The zero-order valence-corrected chi connectivity index (χ0v) is 15.0. The molecule has 0 saturated heterocycles. The normalized spacial score (nSPS) is 10.6. The molecule has 4 aromatic rings. The highest BCUT2D eigenvalue weighted by Crippen LogP contribution is 2.13. The lowest BCUT2D eigenvalue weighted by molar-refractivity contribution is 0.102. The van der Waals surface area contributed by atoms with Crippen molar-refractivity contribution in [2.75, 3.05) is 10.6 Å². The number of carbonyl (C=O) groups excluding carboxylic acids is 1. The van der Waals surface area contributed by atoms with Crippen molar-refractivity contribution >= 4 is 22.9 Å². The van der Waals surface area contributed by atoms with Gasteiger partial charge >= 0.3 is 0 Å². The lowest BCUT2D eigenvalue weighted by Crippen LogP contribution is -2.16. The summed E-state index contributed by atoms with van der Waals surface area (Å²) in [6.45, 7) is 0.413. The smallest absolute Gasteiger partial charge is 0.258 e.